The van der Waals surface area contributed by atoms with Crippen molar-refractivity contribution < 1.29 is 9.53 Å². The lowest BCUT2D eigenvalue weighted by Crippen LogP contribution is -2.57. The van der Waals surface area contributed by atoms with E-state index in [0.29, 0.717) is 22.3 Å². The Morgan fingerprint density at radius 2 is 2.17 bits per heavy atom. The van der Waals surface area contributed by atoms with E-state index in [4.69, 9.17) is 27.8 Å². The van der Waals surface area contributed by atoms with Gasteiger partial charge in [0.25, 0.3) is 5.91 Å². The van der Waals surface area contributed by atoms with Gasteiger partial charge in [-0.25, -0.2) is 4.99 Å². The van der Waals surface area contributed by atoms with Gasteiger partial charge in [-0.2, -0.15) is 0 Å². The molecule has 1 aromatic carbocycles. The van der Waals surface area contributed by atoms with E-state index in [1.54, 1.807) is 12.1 Å². The number of fused-ring (bicyclic) bond motifs is 1. The number of nitrogens with one attached hydrogen (secondary N) is 1. The number of piperidine rings is 1. The lowest BCUT2D eigenvalue weighted by molar-refractivity contribution is -0.119. The molecule has 2 aliphatic heterocycles. The van der Waals surface area contributed by atoms with Gasteiger partial charge in [-0.15, -0.1) is 0 Å². The monoisotopic (exact) mass is 337 g/mol. The van der Waals surface area contributed by atoms with Gasteiger partial charge < -0.3 is 26.4 Å². The van der Waals surface area contributed by atoms with Gasteiger partial charge in [-0.1, -0.05) is 11.6 Å². The van der Waals surface area contributed by atoms with Crippen molar-refractivity contribution in [1.29, 1.82) is 0 Å². The number of carbonyl (C=O) groups is 1. The summed E-state index contributed by atoms with van der Waals surface area (Å²) in [4.78, 5) is 17.7. The van der Waals surface area contributed by atoms with Crippen molar-refractivity contribution in [2.75, 3.05) is 32.1 Å². The predicted octanol–water partition coefficient (Wildman–Crippen LogP) is 1.08. The average molecular weight is 338 g/mol. The van der Waals surface area contributed by atoms with Crippen LogP contribution in [-0.2, 0) is 4.79 Å². The minimum absolute atomic E-state index is 0.222. The number of amides is 1. The van der Waals surface area contributed by atoms with E-state index in [-0.39, 0.29) is 12.1 Å². The second kappa shape index (κ2) is 5.90. The Hall–Kier alpha value is -1.99. The molecule has 1 amide bonds. The normalized spacial score (nSPS) is 19.7. The van der Waals surface area contributed by atoms with Crippen LogP contribution >= 0.6 is 11.6 Å². The number of nitrogens with two attached hydrogens (primary N) is 2. The van der Waals surface area contributed by atoms with Gasteiger partial charge in [0.05, 0.1) is 21.9 Å². The molecule has 0 radical (unpaired) electrons. The number of primary amides is 1. The Morgan fingerprint density at radius 3 is 2.83 bits per heavy atom. The third-order valence-electron chi connectivity index (χ3n) is 4.37. The Balaban J connectivity index is 1.90. The zero-order valence-corrected chi connectivity index (χ0v) is 13.7. The summed E-state index contributed by atoms with van der Waals surface area (Å²) in [5.74, 6) is 0.427. The minimum atomic E-state index is -0.555. The molecule has 1 aromatic rings. The first-order valence-electron chi connectivity index (χ1n) is 7.46. The van der Waals surface area contributed by atoms with E-state index >= 15 is 0 Å². The number of amidine groups is 1. The van der Waals surface area contributed by atoms with Crippen molar-refractivity contribution in [3.8, 4) is 5.75 Å². The number of halogens is 1. The van der Waals surface area contributed by atoms with Crippen molar-refractivity contribution in [2.45, 2.75) is 18.4 Å². The van der Waals surface area contributed by atoms with Gasteiger partial charge in [-0.05, 0) is 26.0 Å². The summed E-state index contributed by atoms with van der Waals surface area (Å²) in [5.41, 5.74) is 12.5. The number of likely N-dealkylation sites (tertiary alicyclic amines) is 1. The maximum atomic E-state index is 10.9. The van der Waals surface area contributed by atoms with Gasteiger partial charge in [0.15, 0.2) is 6.61 Å². The molecule has 1 saturated heterocycles. The van der Waals surface area contributed by atoms with Crippen LogP contribution in [0.5, 0.6) is 5.75 Å². The van der Waals surface area contributed by atoms with Crippen molar-refractivity contribution in [1.82, 2.24) is 4.90 Å². The number of aliphatic imine (C=N–C) groups is 1. The molecule has 0 bridgehead atoms. The number of hydrogen-bond donors (Lipinski definition) is 3. The van der Waals surface area contributed by atoms with E-state index in [1.165, 1.54) is 0 Å². The molecule has 124 valence electrons. The van der Waals surface area contributed by atoms with Crippen LogP contribution in [0.3, 0.4) is 0 Å². The standard InChI is InChI=1S/C15H20ClN5O2/c1-21-4-2-15(3-5-21)14(18)19-10-6-9(16)12(7-11(10)20-15)23-8-13(17)22/h6-7,20H,2-5,8H2,1H3,(H2,17,22)(H2,18,19). The van der Waals surface area contributed by atoms with E-state index < -0.39 is 5.91 Å². The molecular formula is C15H20ClN5O2. The van der Waals surface area contributed by atoms with Crippen molar-refractivity contribution in [3.63, 3.8) is 0 Å². The smallest absolute Gasteiger partial charge is 0.255 e. The maximum Gasteiger partial charge on any atom is 0.255 e. The summed E-state index contributed by atoms with van der Waals surface area (Å²) < 4.78 is 5.35. The fourth-order valence-electron chi connectivity index (χ4n) is 2.93. The first kappa shape index (κ1) is 15.9. The summed E-state index contributed by atoms with van der Waals surface area (Å²) in [6.45, 7) is 1.66. The van der Waals surface area contributed by atoms with Gasteiger partial charge >= 0.3 is 0 Å². The summed E-state index contributed by atoms with van der Waals surface area (Å²) in [5, 5.41) is 3.86. The molecular weight excluding hydrogens is 318 g/mol. The van der Waals surface area contributed by atoms with Crippen LogP contribution in [-0.4, -0.2) is 48.9 Å². The van der Waals surface area contributed by atoms with Crippen molar-refractivity contribution in [3.05, 3.63) is 17.2 Å². The fourth-order valence-corrected chi connectivity index (χ4v) is 3.15. The molecule has 0 unspecified atom stereocenters. The van der Waals surface area contributed by atoms with Crippen LogP contribution in [0.1, 0.15) is 12.8 Å². The SMILES string of the molecule is CN1CCC2(CC1)Nc1cc(OCC(N)=O)c(Cl)cc1N=C2N. The predicted molar refractivity (Wildman–Crippen MR) is 90.5 cm³/mol. The Bertz CT molecular complexity index is 668. The molecule has 5 N–H and O–H groups in total. The highest BCUT2D eigenvalue weighted by molar-refractivity contribution is 6.32. The van der Waals surface area contributed by atoms with Crippen molar-refractivity contribution in [2.24, 2.45) is 16.5 Å². The molecule has 0 aromatic heterocycles. The number of hydrogen-bond acceptors (Lipinski definition) is 6. The number of nitrogens with zero attached hydrogens (tertiary/aromatic N) is 2. The topological polar surface area (TPSA) is 106 Å². The molecule has 3 rings (SSSR count). The molecule has 0 aliphatic carbocycles. The number of ether oxygens (including phenoxy) is 1. The third kappa shape index (κ3) is 3.07. The van der Waals surface area contributed by atoms with Gasteiger partial charge in [-0.3, -0.25) is 4.79 Å². The summed E-state index contributed by atoms with van der Waals surface area (Å²) in [6.07, 6.45) is 1.75. The molecule has 2 aliphatic rings. The third-order valence-corrected chi connectivity index (χ3v) is 4.66. The summed E-state index contributed by atoms with van der Waals surface area (Å²) in [6, 6.07) is 3.42. The Morgan fingerprint density at radius 1 is 1.48 bits per heavy atom. The largest absolute Gasteiger partial charge is 0.482 e. The maximum absolute atomic E-state index is 10.9. The van der Waals surface area contributed by atoms with Gasteiger partial charge in [0.2, 0.25) is 0 Å². The summed E-state index contributed by atoms with van der Waals surface area (Å²) in [7, 11) is 2.09. The lowest BCUT2D eigenvalue weighted by atomic mass is 9.85. The molecule has 0 saturated carbocycles. The fraction of sp³-hybridized carbons (Fsp3) is 0.467. The second-order valence-electron chi connectivity index (χ2n) is 6.06. The van der Waals surface area contributed by atoms with Crippen LogP contribution in [0.15, 0.2) is 17.1 Å². The van der Waals surface area contributed by atoms with Crippen LogP contribution in [0.4, 0.5) is 11.4 Å². The zero-order chi connectivity index (χ0) is 16.6. The van der Waals surface area contributed by atoms with Gasteiger partial charge in [0, 0.05) is 19.2 Å². The number of carbonyl (C=O) groups excluding carboxylic acids is 1. The zero-order valence-electron chi connectivity index (χ0n) is 12.9. The molecule has 1 spiro atoms. The lowest BCUT2D eigenvalue weighted by Gasteiger charge is -2.43. The van der Waals surface area contributed by atoms with Crippen molar-refractivity contribution >= 4 is 34.7 Å². The average Bonchev–Trinajstić information content (AvgIpc) is 2.50. The Kier molecular flexibility index (Phi) is 4.08. The number of rotatable bonds is 3. The highest BCUT2D eigenvalue weighted by Gasteiger charge is 2.40. The molecule has 7 nitrogen and oxygen atoms in total. The summed E-state index contributed by atoms with van der Waals surface area (Å²) >= 11 is 6.17. The first-order chi connectivity index (χ1) is 10.9. The molecule has 8 heteroatoms. The van der Waals surface area contributed by atoms with E-state index in [9.17, 15) is 4.79 Å². The molecule has 23 heavy (non-hydrogen) atoms. The molecule has 1 fully saturated rings. The number of anilines is 1. The molecule has 2 heterocycles. The number of benzene rings is 1. The van der Waals surface area contributed by atoms with E-state index in [0.717, 1.165) is 31.6 Å². The minimum Gasteiger partial charge on any atom is -0.482 e. The highest BCUT2D eigenvalue weighted by atomic mass is 35.5. The molecule has 0 atom stereocenters. The quantitative estimate of drug-likeness (QED) is 0.765. The van der Waals surface area contributed by atoms with Gasteiger partial charge in [0.1, 0.15) is 11.6 Å². The van der Waals surface area contributed by atoms with Crippen LogP contribution in [0, 0.1) is 0 Å². The van der Waals surface area contributed by atoms with E-state index in [1.807, 2.05) is 0 Å². The first-order valence-corrected chi connectivity index (χ1v) is 7.83. The van der Waals surface area contributed by atoms with E-state index in [2.05, 4.69) is 22.3 Å². The van der Waals surface area contributed by atoms with Crippen LogP contribution < -0.4 is 21.5 Å². The van der Waals surface area contributed by atoms with Crippen LogP contribution in [0.25, 0.3) is 0 Å². The van der Waals surface area contributed by atoms with Crippen LogP contribution in [0.2, 0.25) is 5.02 Å². The second-order valence-corrected chi connectivity index (χ2v) is 6.47. The Labute approximate surface area is 139 Å². The highest BCUT2D eigenvalue weighted by Crippen LogP contribution is 2.42.